The summed E-state index contributed by atoms with van der Waals surface area (Å²) in [6.07, 6.45) is 0. The van der Waals surface area contributed by atoms with Crippen molar-refractivity contribution in [2.75, 3.05) is 24.3 Å². The van der Waals surface area contributed by atoms with Gasteiger partial charge in [-0.2, -0.15) is 0 Å². The van der Waals surface area contributed by atoms with Gasteiger partial charge in [0.15, 0.2) is 11.6 Å². The van der Waals surface area contributed by atoms with Gasteiger partial charge in [0, 0.05) is 0 Å². The number of hydrogen-bond donors (Lipinski definition) is 4. The van der Waals surface area contributed by atoms with Crippen LogP contribution in [0.4, 0.5) is 20.2 Å². The van der Waals surface area contributed by atoms with Crippen LogP contribution in [-0.2, 0) is 0 Å². The first-order chi connectivity index (χ1) is 7.43. The van der Waals surface area contributed by atoms with Gasteiger partial charge >= 0.3 is 0 Å². The topological polar surface area (TPSA) is 78.5 Å². The van der Waals surface area contributed by atoms with Gasteiger partial charge in [-0.25, -0.2) is 8.78 Å². The molecule has 0 saturated carbocycles. The third-order valence-corrected chi connectivity index (χ3v) is 2.25. The highest BCUT2D eigenvalue weighted by Gasteiger charge is 2.25. The van der Waals surface area contributed by atoms with Crippen LogP contribution in [0.5, 0.6) is 0 Å². The predicted octanol–water partition coefficient (Wildman–Crippen LogP) is 0.702. The van der Waals surface area contributed by atoms with Crippen molar-refractivity contribution in [1.29, 1.82) is 0 Å². The molecule has 1 aromatic carbocycles. The normalized spacial score (nSPS) is 11.6. The van der Waals surface area contributed by atoms with Gasteiger partial charge in [0.05, 0.1) is 30.1 Å². The molecule has 0 bridgehead atoms. The van der Waals surface area contributed by atoms with Gasteiger partial charge < -0.3 is 21.3 Å². The summed E-state index contributed by atoms with van der Waals surface area (Å²) < 4.78 is 26.3. The van der Waals surface area contributed by atoms with Crippen molar-refractivity contribution in [2.45, 2.75) is 12.5 Å². The molecule has 0 aliphatic heterocycles. The van der Waals surface area contributed by atoms with Gasteiger partial charge in [0.2, 0.25) is 0 Å². The maximum absolute atomic E-state index is 13.4. The molecule has 0 amide bonds. The summed E-state index contributed by atoms with van der Waals surface area (Å²) in [4.78, 5) is 0. The largest absolute Gasteiger partial charge is 0.397 e. The number of nitrogen functional groups attached to an aromatic ring is 1. The molecular formula is C10H14F2N2O2. The zero-order valence-corrected chi connectivity index (χ0v) is 8.80. The Morgan fingerprint density at radius 3 is 2.38 bits per heavy atom. The van der Waals surface area contributed by atoms with Crippen molar-refractivity contribution in [2.24, 2.45) is 0 Å². The molecule has 90 valence electrons. The van der Waals surface area contributed by atoms with E-state index in [4.69, 9.17) is 15.9 Å². The second-order valence-electron chi connectivity index (χ2n) is 3.83. The van der Waals surface area contributed by atoms with Crippen LogP contribution in [0, 0.1) is 11.6 Å². The van der Waals surface area contributed by atoms with Gasteiger partial charge in [-0.1, -0.05) is 0 Å². The standard InChI is InChI=1S/C10H14F2N2O2/c1-10(4-15,5-16)14-9-7(13)3-2-6(11)8(9)12/h2-3,14-16H,4-5,13H2,1H3. The molecule has 0 aromatic heterocycles. The van der Waals surface area contributed by atoms with Crippen molar-refractivity contribution < 1.29 is 19.0 Å². The summed E-state index contributed by atoms with van der Waals surface area (Å²) in [7, 11) is 0. The van der Waals surface area contributed by atoms with Gasteiger partial charge in [-0.15, -0.1) is 0 Å². The molecule has 1 rings (SSSR count). The number of aliphatic hydroxyl groups excluding tert-OH is 2. The molecule has 0 atom stereocenters. The van der Waals surface area contributed by atoms with E-state index in [0.717, 1.165) is 6.07 Å². The average molecular weight is 232 g/mol. The SMILES string of the molecule is CC(CO)(CO)Nc1c(N)ccc(F)c1F. The number of nitrogens with two attached hydrogens (primary N) is 1. The Kier molecular flexibility index (Phi) is 3.66. The second-order valence-corrected chi connectivity index (χ2v) is 3.83. The predicted molar refractivity (Wildman–Crippen MR) is 57.0 cm³/mol. The van der Waals surface area contributed by atoms with Crippen molar-refractivity contribution >= 4 is 11.4 Å². The quantitative estimate of drug-likeness (QED) is 0.576. The Morgan fingerprint density at radius 1 is 1.31 bits per heavy atom. The van der Waals surface area contributed by atoms with E-state index in [1.807, 2.05) is 0 Å². The molecule has 0 spiro atoms. The van der Waals surface area contributed by atoms with Crippen LogP contribution in [0.25, 0.3) is 0 Å². The van der Waals surface area contributed by atoms with Gasteiger partial charge in [0.1, 0.15) is 0 Å². The first kappa shape index (κ1) is 12.7. The summed E-state index contributed by atoms with van der Waals surface area (Å²) in [5.41, 5.74) is 4.06. The summed E-state index contributed by atoms with van der Waals surface area (Å²) in [5, 5.41) is 20.5. The van der Waals surface area contributed by atoms with Crippen LogP contribution in [0.15, 0.2) is 12.1 Å². The number of nitrogens with one attached hydrogen (secondary N) is 1. The van der Waals surface area contributed by atoms with Crippen molar-refractivity contribution in [3.63, 3.8) is 0 Å². The number of hydrogen-bond acceptors (Lipinski definition) is 4. The lowest BCUT2D eigenvalue weighted by Crippen LogP contribution is -2.43. The minimum Gasteiger partial charge on any atom is -0.397 e. The van der Waals surface area contributed by atoms with Crippen LogP contribution in [0.2, 0.25) is 0 Å². The summed E-state index contributed by atoms with van der Waals surface area (Å²) >= 11 is 0. The smallest absolute Gasteiger partial charge is 0.183 e. The zero-order chi connectivity index (χ0) is 12.3. The van der Waals surface area contributed by atoms with E-state index in [0.29, 0.717) is 0 Å². The van der Waals surface area contributed by atoms with Gasteiger partial charge in [-0.05, 0) is 19.1 Å². The lowest BCUT2D eigenvalue weighted by atomic mass is 10.0. The highest BCUT2D eigenvalue weighted by Crippen LogP contribution is 2.27. The van der Waals surface area contributed by atoms with E-state index < -0.39 is 30.4 Å². The molecule has 6 heteroatoms. The number of benzene rings is 1. The third-order valence-electron chi connectivity index (χ3n) is 2.25. The molecule has 1 aromatic rings. The molecule has 0 fully saturated rings. The van der Waals surface area contributed by atoms with Crippen LogP contribution in [-0.4, -0.2) is 29.0 Å². The van der Waals surface area contributed by atoms with E-state index in [-0.39, 0.29) is 11.4 Å². The minimum atomic E-state index is -1.16. The van der Waals surface area contributed by atoms with E-state index in [2.05, 4.69) is 5.32 Å². The maximum atomic E-state index is 13.4. The Bertz CT molecular complexity index is 381. The fourth-order valence-electron chi connectivity index (χ4n) is 1.12. The second kappa shape index (κ2) is 4.63. The molecule has 16 heavy (non-hydrogen) atoms. The van der Waals surface area contributed by atoms with Crippen molar-refractivity contribution in [3.05, 3.63) is 23.8 Å². The van der Waals surface area contributed by atoms with Gasteiger partial charge in [0.25, 0.3) is 0 Å². The molecule has 5 N–H and O–H groups in total. The Morgan fingerprint density at radius 2 is 1.88 bits per heavy atom. The van der Waals surface area contributed by atoms with E-state index in [1.165, 1.54) is 13.0 Å². The molecule has 4 nitrogen and oxygen atoms in total. The number of aliphatic hydroxyl groups is 2. The molecule has 0 saturated heterocycles. The van der Waals surface area contributed by atoms with Gasteiger partial charge in [-0.3, -0.25) is 0 Å². The highest BCUT2D eigenvalue weighted by atomic mass is 19.2. The Balaban J connectivity index is 3.10. The first-order valence-corrected chi connectivity index (χ1v) is 4.67. The van der Waals surface area contributed by atoms with Crippen LogP contribution >= 0.6 is 0 Å². The maximum Gasteiger partial charge on any atom is 0.183 e. The molecular weight excluding hydrogens is 218 g/mol. The van der Waals surface area contributed by atoms with E-state index in [9.17, 15) is 8.78 Å². The number of halogens is 2. The Labute approximate surface area is 91.7 Å². The summed E-state index contributed by atoms with van der Waals surface area (Å²) in [6.45, 7) is 0.564. The lowest BCUT2D eigenvalue weighted by molar-refractivity contribution is 0.147. The van der Waals surface area contributed by atoms with Crippen LogP contribution < -0.4 is 11.1 Å². The van der Waals surface area contributed by atoms with Crippen molar-refractivity contribution in [1.82, 2.24) is 0 Å². The van der Waals surface area contributed by atoms with Crippen molar-refractivity contribution in [3.8, 4) is 0 Å². The van der Waals surface area contributed by atoms with Crippen LogP contribution in [0.3, 0.4) is 0 Å². The van der Waals surface area contributed by atoms with Crippen LogP contribution in [0.1, 0.15) is 6.92 Å². The fourth-order valence-corrected chi connectivity index (χ4v) is 1.12. The third kappa shape index (κ3) is 2.40. The zero-order valence-electron chi connectivity index (χ0n) is 8.80. The minimum absolute atomic E-state index is 0.00650. The average Bonchev–Trinajstić information content (AvgIpc) is 2.29. The molecule has 0 radical (unpaired) electrons. The molecule has 0 aliphatic rings. The molecule has 0 aliphatic carbocycles. The lowest BCUT2D eigenvalue weighted by Gasteiger charge is -2.28. The highest BCUT2D eigenvalue weighted by molar-refractivity contribution is 5.67. The number of anilines is 2. The van der Waals surface area contributed by atoms with E-state index >= 15 is 0 Å². The van der Waals surface area contributed by atoms with E-state index in [1.54, 1.807) is 0 Å². The monoisotopic (exact) mass is 232 g/mol. The first-order valence-electron chi connectivity index (χ1n) is 4.67. The fraction of sp³-hybridized carbons (Fsp3) is 0.400. The summed E-state index contributed by atoms with van der Waals surface area (Å²) in [6, 6.07) is 2.11. The number of rotatable bonds is 4. The summed E-state index contributed by atoms with van der Waals surface area (Å²) in [5.74, 6) is -2.18. The molecule has 0 heterocycles. The Hall–Kier alpha value is -1.40. The molecule has 0 unspecified atom stereocenters.